The van der Waals surface area contributed by atoms with Gasteiger partial charge in [0.2, 0.25) is 5.95 Å². The van der Waals surface area contributed by atoms with Crippen molar-refractivity contribution in [1.82, 2.24) is 19.4 Å². The third-order valence-electron chi connectivity index (χ3n) is 6.09. The first-order valence-corrected chi connectivity index (χ1v) is 12.9. The number of nitrogens with zero attached hydrogens (tertiary/aromatic N) is 5. The van der Waals surface area contributed by atoms with Crippen LogP contribution in [0.4, 0.5) is 17.5 Å². The molecule has 3 aromatic heterocycles. The Hall–Kier alpha value is -4.02. The lowest BCUT2D eigenvalue weighted by atomic mass is 10.1. The van der Waals surface area contributed by atoms with Gasteiger partial charge in [0, 0.05) is 37.7 Å². The third kappa shape index (κ3) is 6.64. The molecule has 4 heterocycles. The van der Waals surface area contributed by atoms with E-state index in [0.29, 0.717) is 48.5 Å². The zero-order valence-electron chi connectivity index (χ0n) is 21.9. The lowest BCUT2D eigenvalue weighted by Crippen LogP contribution is -2.36. The summed E-state index contributed by atoms with van der Waals surface area (Å²) < 4.78 is 7.11. The number of amides is 1. The van der Waals surface area contributed by atoms with Gasteiger partial charge in [-0.25, -0.2) is 9.97 Å². The van der Waals surface area contributed by atoms with E-state index in [1.165, 1.54) is 0 Å². The maximum absolute atomic E-state index is 12.3. The fourth-order valence-electron chi connectivity index (χ4n) is 4.20. The number of primary amides is 1. The maximum atomic E-state index is 12.3. The van der Waals surface area contributed by atoms with Crippen molar-refractivity contribution in [2.75, 3.05) is 43.1 Å². The molecule has 0 radical (unpaired) electrons. The van der Waals surface area contributed by atoms with Gasteiger partial charge in [0.1, 0.15) is 17.2 Å². The van der Waals surface area contributed by atoms with Crippen molar-refractivity contribution in [3.05, 3.63) is 66.6 Å². The number of fused-ring (bicyclic) bond motifs is 1. The highest BCUT2D eigenvalue weighted by Crippen LogP contribution is 2.28. The molecular formula is C28H35N7O3. The number of pyridine rings is 1. The molecule has 1 aliphatic rings. The minimum atomic E-state index is -0.547. The number of aliphatic hydroxyl groups excluding tert-OH is 1. The zero-order chi connectivity index (χ0) is 26.9. The van der Waals surface area contributed by atoms with E-state index in [-0.39, 0.29) is 0 Å². The van der Waals surface area contributed by atoms with Crippen molar-refractivity contribution >= 4 is 29.0 Å². The van der Waals surface area contributed by atoms with Crippen LogP contribution in [0, 0.1) is 5.92 Å². The molecule has 1 aromatic carbocycles. The molecule has 5 rings (SSSR count). The van der Waals surface area contributed by atoms with Crippen LogP contribution < -0.4 is 16.0 Å². The first-order valence-electron chi connectivity index (χ1n) is 12.9. The van der Waals surface area contributed by atoms with Gasteiger partial charge < -0.3 is 25.8 Å². The van der Waals surface area contributed by atoms with Gasteiger partial charge in [0.05, 0.1) is 18.9 Å². The van der Waals surface area contributed by atoms with E-state index in [4.69, 9.17) is 20.6 Å². The van der Waals surface area contributed by atoms with Gasteiger partial charge in [0.25, 0.3) is 5.91 Å². The summed E-state index contributed by atoms with van der Waals surface area (Å²) >= 11 is 0. The molecule has 0 saturated carbocycles. The number of imidazole rings is 1. The van der Waals surface area contributed by atoms with E-state index >= 15 is 0 Å². The molecule has 4 N–H and O–H groups in total. The number of hydrogen-bond acceptors (Lipinski definition) is 8. The molecule has 0 bridgehead atoms. The molecule has 200 valence electrons. The maximum Gasteiger partial charge on any atom is 0.268 e. The number of hydrogen-bond donors (Lipinski definition) is 3. The quantitative estimate of drug-likeness (QED) is 0.321. The summed E-state index contributed by atoms with van der Waals surface area (Å²) in [5, 5.41) is 11.6. The number of aromatic nitrogens is 4. The van der Waals surface area contributed by atoms with Crippen LogP contribution in [0.3, 0.4) is 0 Å². The summed E-state index contributed by atoms with van der Waals surface area (Å²) in [5.74, 6) is 1.47. The molecule has 0 unspecified atom stereocenters. The van der Waals surface area contributed by atoms with E-state index in [1.807, 2.05) is 48.5 Å². The predicted molar refractivity (Wildman–Crippen MR) is 149 cm³/mol. The molecule has 1 amide bonds. The second-order valence-corrected chi connectivity index (χ2v) is 9.38. The summed E-state index contributed by atoms with van der Waals surface area (Å²) in [6.45, 7) is 7.60. The standard InChI is InChI=1S/C22H21N7O2.C6H14O/c23-20(30)19-18(15-5-2-1-3-6-15)27-21-16(7-4-10-29(19)21)25-22-24-9-8-17(26-22)28-11-13-31-14-12-28;1-6(2)4-3-5-7/h1-10H,11-14H2,(H2,23,30)(H,24,25,26);6-7H,3-5H2,1-2H3. The van der Waals surface area contributed by atoms with Crippen LogP contribution in [-0.4, -0.2) is 63.3 Å². The molecule has 10 nitrogen and oxygen atoms in total. The normalized spacial score (nSPS) is 13.3. The van der Waals surface area contributed by atoms with Gasteiger partial charge in [-0.3, -0.25) is 9.20 Å². The number of benzene rings is 1. The van der Waals surface area contributed by atoms with Crippen LogP contribution in [0.5, 0.6) is 0 Å². The second kappa shape index (κ2) is 13.0. The zero-order valence-corrected chi connectivity index (χ0v) is 21.9. The topological polar surface area (TPSA) is 131 Å². The Balaban J connectivity index is 0.000000426. The van der Waals surface area contributed by atoms with Crippen LogP contribution in [0.15, 0.2) is 60.9 Å². The van der Waals surface area contributed by atoms with Crippen molar-refractivity contribution in [3.63, 3.8) is 0 Å². The molecule has 1 aliphatic heterocycles. The number of ether oxygens (including phenoxy) is 1. The molecular weight excluding hydrogens is 482 g/mol. The third-order valence-corrected chi connectivity index (χ3v) is 6.09. The number of nitrogens with two attached hydrogens (primary N) is 1. The van der Waals surface area contributed by atoms with E-state index in [9.17, 15) is 4.79 Å². The van der Waals surface area contributed by atoms with Crippen molar-refractivity contribution < 1.29 is 14.6 Å². The van der Waals surface area contributed by atoms with Gasteiger partial charge in [0.15, 0.2) is 5.65 Å². The molecule has 1 fully saturated rings. The molecule has 0 spiro atoms. The Morgan fingerprint density at radius 3 is 2.53 bits per heavy atom. The molecule has 0 aliphatic carbocycles. The Morgan fingerprint density at radius 2 is 1.87 bits per heavy atom. The largest absolute Gasteiger partial charge is 0.396 e. The van der Waals surface area contributed by atoms with Gasteiger partial charge >= 0.3 is 0 Å². The van der Waals surface area contributed by atoms with E-state index in [2.05, 4.69) is 34.0 Å². The lowest BCUT2D eigenvalue weighted by Gasteiger charge is -2.27. The van der Waals surface area contributed by atoms with E-state index in [0.717, 1.165) is 43.2 Å². The van der Waals surface area contributed by atoms with E-state index < -0.39 is 5.91 Å². The lowest BCUT2D eigenvalue weighted by molar-refractivity contribution is 0.0995. The van der Waals surface area contributed by atoms with Crippen LogP contribution in [0.2, 0.25) is 0 Å². The molecule has 10 heteroatoms. The summed E-state index contributed by atoms with van der Waals surface area (Å²) in [6.07, 6.45) is 5.59. The number of morpholine rings is 1. The molecule has 0 atom stereocenters. The van der Waals surface area contributed by atoms with Gasteiger partial charge in [-0.05, 0) is 37.0 Å². The van der Waals surface area contributed by atoms with Gasteiger partial charge in [-0.1, -0.05) is 44.2 Å². The summed E-state index contributed by atoms with van der Waals surface area (Å²) in [6, 6.07) is 15.1. The number of aliphatic hydroxyl groups is 1. The van der Waals surface area contributed by atoms with Crippen LogP contribution >= 0.6 is 0 Å². The smallest absolute Gasteiger partial charge is 0.268 e. The highest BCUT2D eigenvalue weighted by atomic mass is 16.5. The van der Waals surface area contributed by atoms with Crippen molar-refractivity contribution in [2.45, 2.75) is 26.7 Å². The second-order valence-electron chi connectivity index (χ2n) is 9.38. The Bertz CT molecular complexity index is 1340. The van der Waals surface area contributed by atoms with Crippen LogP contribution in [-0.2, 0) is 4.74 Å². The first-order chi connectivity index (χ1) is 18.5. The van der Waals surface area contributed by atoms with Crippen molar-refractivity contribution in [2.24, 2.45) is 11.7 Å². The molecule has 4 aromatic rings. The number of carbonyl (C=O) groups is 1. The minimum absolute atomic E-state index is 0.327. The van der Waals surface area contributed by atoms with Crippen LogP contribution in [0.25, 0.3) is 16.9 Å². The fraction of sp³-hybridized carbons (Fsp3) is 0.357. The summed E-state index contributed by atoms with van der Waals surface area (Å²) in [7, 11) is 0. The summed E-state index contributed by atoms with van der Waals surface area (Å²) in [4.78, 5) is 28.1. The highest BCUT2D eigenvalue weighted by Gasteiger charge is 2.20. The van der Waals surface area contributed by atoms with E-state index in [1.54, 1.807) is 16.8 Å². The summed E-state index contributed by atoms with van der Waals surface area (Å²) in [5.41, 5.74) is 8.62. The number of carbonyl (C=O) groups excluding carboxylic acids is 1. The predicted octanol–water partition coefficient (Wildman–Crippen LogP) is 3.89. The highest BCUT2D eigenvalue weighted by molar-refractivity contribution is 5.99. The van der Waals surface area contributed by atoms with Crippen LogP contribution in [0.1, 0.15) is 37.2 Å². The Kier molecular flexibility index (Phi) is 9.23. The number of nitrogens with one attached hydrogen (secondary N) is 1. The average Bonchev–Trinajstić information content (AvgIpc) is 3.35. The monoisotopic (exact) mass is 517 g/mol. The van der Waals surface area contributed by atoms with Crippen molar-refractivity contribution in [3.8, 4) is 11.3 Å². The SMILES string of the molecule is CC(C)CCCO.NC(=O)c1c(-c2ccccc2)nc2c(Nc3nccc(N4CCOCC4)n3)cccn12. The average molecular weight is 518 g/mol. The minimum Gasteiger partial charge on any atom is -0.396 e. The van der Waals surface area contributed by atoms with Crippen molar-refractivity contribution in [1.29, 1.82) is 0 Å². The van der Waals surface area contributed by atoms with Gasteiger partial charge in [-0.15, -0.1) is 0 Å². The Morgan fingerprint density at radius 1 is 1.11 bits per heavy atom. The molecule has 38 heavy (non-hydrogen) atoms. The molecule has 1 saturated heterocycles. The van der Waals surface area contributed by atoms with Gasteiger partial charge in [-0.2, -0.15) is 4.98 Å². The fourth-order valence-corrected chi connectivity index (χ4v) is 4.20. The Labute approximate surface area is 222 Å². The number of rotatable bonds is 8. The number of anilines is 3. The first kappa shape index (κ1) is 27.0.